The van der Waals surface area contributed by atoms with Crippen LogP contribution in [-0.2, 0) is 10.0 Å². The van der Waals surface area contributed by atoms with Crippen molar-refractivity contribution < 1.29 is 22.4 Å². The van der Waals surface area contributed by atoms with Crippen molar-refractivity contribution in [3.05, 3.63) is 65.5 Å². The van der Waals surface area contributed by atoms with Gasteiger partial charge in [0.2, 0.25) is 10.0 Å². The van der Waals surface area contributed by atoms with Crippen LogP contribution in [0.15, 0.2) is 53.4 Å². The molecule has 0 spiro atoms. The number of sulfonamides is 1. The Morgan fingerprint density at radius 2 is 1.41 bits per heavy atom. The highest BCUT2D eigenvalue weighted by Crippen LogP contribution is 2.22. The molecule has 0 aliphatic carbocycles. The molecule has 4 rings (SSSR count). The Kier molecular flexibility index (Phi) is 6.57. The molecule has 9 heteroatoms. The Hall–Kier alpha value is -2.78. The van der Waals surface area contributed by atoms with Crippen molar-refractivity contribution in [2.45, 2.75) is 36.6 Å². The Morgan fingerprint density at radius 3 is 2.00 bits per heavy atom. The number of nitrogens with one attached hydrogen (secondary N) is 1. The van der Waals surface area contributed by atoms with Gasteiger partial charge in [0.25, 0.3) is 11.8 Å². The van der Waals surface area contributed by atoms with Crippen LogP contribution in [-0.4, -0.2) is 61.7 Å². The zero-order valence-corrected chi connectivity index (χ0v) is 18.5. The van der Waals surface area contributed by atoms with Crippen LogP contribution in [0.25, 0.3) is 0 Å². The molecule has 7 nitrogen and oxygen atoms in total. The maximum absolute atomic E-state index is 13.0. The minimum absolute atomic E-state index is 0.0652. The highest BCUT2D eigenvalue weighted by molar-refractivity contribution is 7.89. The maximum atomic E-state index is 13.0. The number of rotatable bonds is 5. The van der Waals surface area contributed by atoms with Crippen LogP contribution in [0, 0.1) is 5.82 Å². The molecule has 2 aromatic rings. The predicted molar refractivity (Wildman–Crippen MR) is 117 cm³/mol. The largest absolute Gasteiger partial charge is 0.349 e. The summed E-state index contributed by atoms with van der Waals surface area (Å²) >= 11 is 0. The van der Waals surface area contributed by atoms with E-state index in [-0.39, 0.29) is 22.8 Å². The van der Waals surface area contributed by atoms with E-state index >= 15 is 0 Å². The number of hydrogen-bond donors (Lipinski definition) is 1. The summed E-state index contributed by atoms with van der Waals surface area (Å²) in [5, 5.41) is 2.93. The van der Waals surface area contributed by atoms with Crippen molar-refractivity contribution in [1.82, 2.24) is 14.5 Å². The van der Waals surface area contributed by atoms with E-state index in [0.717, 1.165) is 12.8 Å². The quantitative estimate of drug-likeness (QED) is 0.745. The summed E-state index contributed by atoms with van der Waals surface area (Å²) < 4.78 is 39.8. The minimum atomic E-state index is -3.50. The fraction of sp³-hybridized carbons (Fsp3) is 0.391. The van der Waals surface area contributed by atoms with E-state index in [1.54, 1.807) is 17.0 Å². The molecule has 2 saturated heterocycles. The van der Waals surface area contributed by atoms with Gasteiger partial charge in [0.05, 0.1) is 4.90 Å². The predicted octanol–water partition coefficient (Wildman–Crippen LogP) is 2.64. The minimum Gasteiger partial charge on any atom is -0.349 e. The normalized spacial score (nSPS) is 18.0. The fourth-order valence-corrected chi connectivity index (χ4v) is 5.64. The molecule has 0 saturated carbocycles. The third kappa shape index (κ3) is 4.83. The van der Waals surface area contributed by atoms with Gasteiger partial charge >= 0.3 is 0 Å². The summed E-state index contributed by atoms with van der Waals surface area (Å²) in [7, 11) is -3.50. The lowest BCUT2D eigenvalue weighted by molar-refractivity contribution is 0.0698. The summed E-state index contributed by atoms with van der Waals surface area (Å²) in [6, 6.07) is 11.4. The molecular weight excluding hydrogens is 433 g/mol. The molecule has 2 aromatic carbocycles. The molecule has 0 atom stereocenters. The van der Waals surface area contributed by atoms with Gasteiger partial charge < -0.3 is 10.2 Å². The zero-order valence-electron chi connectivity index (χ0n) is 17.7. The first-order valence-electron chi connectivity index (χ1n) is 10.8. The highest BCUT2D eigenvalue weighted by atomic mass is 32.2. The lowest BCUT2D eigenvalue weighted by atomic mass is 10.0. The van der Waals surface area contributed by atoms with Gasteiger partial charge in [0, 0.05) is 43.3 Å². The fourth-order valence-electron chi connectivity index (χ4n) is 4.13. The monoisotopic (exact) mass is 459 g/mol. The number of hydrogen-bond acceptors (Lipinski definition) is 4. The Bertz CT molecular complexity index is 1070. The lowest BCUT2D eigenvalue weighted by Crippen LogP contribution is -2.46. The van der Waals surface area contributed by atoms with E-state index in [1.165, 1.54) is 40.7 Å². The Morgan fingerprint density at radius 1 is 0.844 bits per heavy atom. The van der Waals surface area contributed by atoms with E-state index < -0.39 is 15.8 Å². The van der Waals surface area contributed by atoms with Crippen molar-refractivity contribution in [1.29, 1.82) is 0 Å². The average Bonchev–Trinajstić information content (AvgIpc) is 3.36. The molecule has 1 N–H and O–H groups in total. The number of amides is 2. The molecule has 0 radical (unpaired) electrons. The number of carbonyl (C=O) groups excluding carboxylic acids is 2. The number of likely N-dealkylation sites (tertiary alicyclic amines) is 1. The van der Waals surface area contributed by atoms with Crippen LogP contribution in [0.4, 0.5) is 4.39 Å². The van der Waals surface area contributed by atoms with E-state index in [4.69, 9.17) is 0 Å². The topological polar surface area (TPSA) is 86.8 Å². The van der Waals surface area contributed by atoms with Gasteiger partial charge in [-0.2, -0.15) is 4.31 Å². The van der Waals surface area contributed by atoms with Crippen molar-refractivity contribution in [3.8, 4) is 0 Å². The van der Waals surface area contributed by atoms with Crippen LogP contribution in [0.1, 0.15) is 46.4 Å². The molecule has 0 aromatic heterocycles. The van der Waals surface area contributed by atoms with E-state index in [2.05, 4.69) is 5.32 Å². The van der Waals surface area contributed by atoms with Gasteiger partial charge in [-0.05, 0) is 74.2 Å². The second kappa shape index (κ2) is 9.38. The summed E-state index contributed by atoms with van der Waals surface area (Å²) in [5.74, 6) is -0.807. The molecular formula is C23H26FN3O4S. The first-order chi connectivity index (χ1) is 15.3. The standard InChI is InChI=1S/C23H26FN3O4S/c24-19-7-3-17(4-8-19)22(28)25-20-11-15-26(16-12-20)23(29)18-5-9-21(10-6-18)32(30,31)27-13-1-2-14-27/h3-10,20H,1-2,11-16H2,(H,25,28). The Labute approximate surface area is 187 Å². The third-order valence-corrected chi connectivity index (χ3v) is 7.94. The second-order valence-electron chi connectivity index (χ2n) is 8.18. The van der Waals surface area contributed by atoms with Crippen molar-refractivity contribution in [2.75, 3.05) is 26.2 Å². The van der Waals surface area contributed by atoms with Crippen molar-refractivity contribution in [2.24, 2.45) is 0 Å². The number of piperidine rings is 1. The average molecular weight is 460 g/mol. The van der Waals surface area contributed by atoms with E-state index in [0.29, 0.717) is 50.1 Å². The van der Waals surface area contributed by atoms with Crippen LogP contribution in [0.5, 0.6) is 0 Å². The van der Waals surface area contributed by atoms with Crippen LogP contribution >= 0.6 is 0 Å². The molecule has 2 aliphatic heterocycles. The lowest BCUT2D eigenvalue weighted by Gasteiger charge is -2.32. The van der Waals surface area contributed by atoms with Gasteiger partial charge in [-0.25, -0.2) is 12.8 Å². The number of halogens is 1. The SMILES string of the molecule is O=C(NC1CCN(C(=O)c2ccc(S(=O)(=O)N3CCCC3)cc2)CC1)c1ccc(F)cc1. The van der Waals surface area contributed by atoms with Gasteiger partial charge in [-0.1, -0.05) is 0 Å². The van der Waals surface area contributed by atoms with Crippen molar-refractivity contribution >= 4 is 21.8 Å². The van der Waals surface area contributed by atoms with Crippen LogP contribution in [0.2, 0.25) is 0 Å². The van der Waals surface area contributed by atoms with Crippen molar-refractivity contribution in [3.63, 3.8) is 0 Å². The molecule has 2 aliphatic rings. The molecule has 0 unspecified atom stereocenters. The molecule has 2 fully saturated rings. The smallest absolute Gasteiger partial charge is 0.253 e. The maximum Gasteiger partial charge on any atom is 0.253 e. The zero-order chi connectivity index (χ0) is 22.7. The first kappa shape index (κ1) is 22.4. The highest BCUT2D eigenvalue weighted by Gasteiger charge is 2.28. The van der Waals surface area contributed by atoms with Crippen LogP contribution < -0.4 is 5.32 Å². The molecule has 170 valence electrons. The first-order valence-corrected chi connectivity index (χ1v) is 12.2. The summed E-state index contributed by atoms with van der Waals surface area (Å²) in [6.07, 6.45) is 2.96. The summed E-state index contributed by atoms with van der Waals surface area (Å²) in [4.78, 5) is 27.1. The number of carbonyl (C=O) groups is 2. The van der Waals surface area contributed by atoms with Gasteiger partial charge in [0.1, 0.15) is 5.82 Å². The third-order valence-electron chi connectivity index (χ3n) is 6.03. The van der Waals surface area contributed by atoms with Gasteiger partial charge in [0.15, 0.2) is 0 Å². The van der Waals surface area contributed by atoms with Gasteiger partial charge in [-0.3, -0.25) is 9.59 Å². The van der Waals surface area contributed by atoms with E-state index in [1.807, 2.05) is 0 Å². The number of benzene rings is 2. The molecule has 32 heavy (non-hydrogen) atoms. The summed E-state index contributed by atoms with van der Waals surface area (Å²) in [5.41, 5.74) is 0.841. The Balaban J connectivity index is 1.32. The number of nitrogens with zero attached hydrogens (tertiary/aromatic N) is 2. The molecule has 2 amide bonds. The summed E-state index contributed by atoms with van der Waals surface area (Å²) in [6.45, 7) is 2.05. The van der Waals surface area contributed by atoms with E-state index in [9.17, 15) is 22.4 Å². The van der Waals surface area contributed by atoms with Crippen LogP contribution in [0.3, 0.4) is 0 Å². The molecule has 2 heterocycles. The molecule has 0 bridgehead atoms. The second-order valence-corrected chi connectivity index (χ2v) is 10.1. The van der Waals surface area contributed by atoms with Gasteiger partial charge in [-0.15, -0.1) is 0 Å².